The number of quaternary nitrogens is 1. The average molecular weight is 725 g/mol. The van der Waals surface area contributed by atoms with E-state index in [-0.39, 0.29) is 36.2 Å². The van der Waals surface area contributed by atoms with Crippen LogP contribution in [0.25, 0.3) is 0 Å². The fraction of sp³-hybridized carbons (Fsp3) is 0.864. The smallest absolute Gasteiger partial charge is 0.305 e. The van der Waals surface area contributed by atoms with Gasteiger partial charge in [0.1, 0.15) is 13.2 Å². The molecule has 0 unspecified atom stereocenters. The first-order chi connectivity index (χ1) is 23.9. The summed E-state index contributed by atoms with van der Waals surface area (Å²) in [5.41, 5.74) is 0. The van der Waals surface area contributed by atoms with Crippen molar-refractivity contribution < 1.29 is 36.0 Å². The molecule has 294 valence electrons. The summed E-state index contributed by atoms with van der Waals surface area (Å²) in [7, 11) is 4.43. The number of rotatable bonds is 34. The summed E-state index contributed by atoms with van der Waals surface area (Å²) in [6.45, 7) is 7.35. The van der Waals surface area contributed by atoms with Crippen LogP contribution in [0.15, 0.2) is 24.3 Å². The van der Waals surface area contributed by atoms with E-state index in [1.807, 2.05) is 0 Å². The topological polar surface area (TPSA) is 52.6 Å². The van der Waals surface area contributed by atoms with Crippen LogP contribution in [0.4, 0.5) is 0 Å². The Kier molecular flexibility index (Phi) is 33.8. The second kappa shape index (κ2) is 34.7. The van der Waals surface area contributed by atoms with E-state index in [1.54, 1.807) is 0 Å². The van der Waals surface area contributed by atoms with E-state index in [0.29, 0.717) is 26.1 Å². The second-order valence-corrected chi connectivity index (χ2v) is 15.9. The molecule has 0 aromatic carbocycles. The molecule has 5 nitrogen and oxygen atoms in total. The van der Waals surface area contributed by atoms with Crippen molar-refractivity contribution in [2.24, 2.45) is 11.8 Å². The molecule has 0 radical (unpaired) electrons. The van der Waals surface area contributed by atoms with Gasteiger partial charge in [0.15, 0.2) is 0 Å². The molecule has 50 heavy (non-hydrogen) atoms. The molecular weight excluding hydrogens is 642 g/mol. The van der Waals surface area contributed by atoms with Gasteiger partial charge in [-0.2, -0.15) is 0 Å². The molecular formula is C44H82ClNO4. The summed E-state index contributed by atoms with van der Waals surface area (Å²) in [5.74, 6) is 0.353. The van der Waals surface area contributed by atoms with Crippen molar-refractivity contribution >= 4 is 11.9 Å². The minimum Gasteiger partial charge on any atom is -1.00 e. The number of likely N-dealkylation sites (tertiary alicyclic amines) is 1. The van der Waals surface area contributed by atoms with Crippen LogP contribution in [0, 0.1) is 11.8 Å². The zero-order chi connectivity index (χ0) is 35.7. The Balaban J connectivity index is 0.0000240. The van der Waals surface area contributed by atoms with Gasteiger partial charge in [0.05, 0.1) is 39.0 Å². The lowest BCUT2D eigenvalue weighted by Crippen LogP contribution is -3.00. The molecule has 0 aliphatic carbocycles. The van der Waals surface area contributed by atoms with Crippen molar-refractivity contribution in [2.75, 3.05) is 40.4 Å². The van der Waals surface area contributed by atoms with Gasteiger partial charge in [-0.05, 0) is 64.2 Å². The van der Waals surface area contributed by atoms with Crippen LogP contribution in [-0.2, 0) is 19.1 Å². The van der Waals surface area contributed by atoms with Crippen LogP contribution in [0.5, 0.6) is 0 Å². The molecule has 6 heteroatoms. The SMILES string of the molecule is CCCCCCCC/C=C\CCCCCCCC(=O)OC[C@@H]1C[N+](C)(C)C[C@H]1COC(=O)CCCCCCC/C=C\CCCCCCCC.[Cl-]. The van der Waals surface area contributed by atoms with Gasteiger partial charge in [-0.1, -0.05) is 141 Å². The average Bonchev–Trinajstić information content (AvgIpc) is 3.39. The number of allylic oxidation sites excluding steroid dienone is 4. The van der Waals surface area contributed by atoms with Crippen molar-refractivity contribution in [1.29, 1.82) is 0 Å². The molecule has 0 amide bonds. The Bertz CT molecular complexity index is 776. The fourth-order valence-electron chi connectivity index (χ4n) is 7.24. The van der Waals surface area contributed by atoms with Crippen LogP contribution in [0.1, 0.15) is 194 Å². The third-order valence-electron chi connectivity index (χ3n) is 10.3. The van der Waals surface area contributed by atoms with Crippen LogP contribution < -0.4 is 12.4 Å². The Hall–Kier alpha value is -1.33. The standard InChI is InChI=1S/C44H82NO4.ClH/c1-5-7-9-11-13-15-17-19-21-23-25-27-29-31-33-35-43(46)48-39-41-37-45(3,4)38-42(41)40-49-44(47)36-34-32-30-28-26-24-22-20-18-16-14-12-10-8-6-2;/h19-22,41-42H,5-18,23-40H2,1-4H3;1H/q+1;/p-1/b21-19-,22-20-;/t41-,42-;/m0./s1. The van der Waals surface area contributed by atoms with E-state index in [2.05, 4.69) is 52.2 Å². The Morgan fingerprint density at radius 2 is 0.760 bits per heavy atom. The quantitative estimate of drug-likeness (QED) is 0.0287. The van der Waals surface area contributed by atoms with Crippen LogP contribution >= 0.6 is 0 Å². The lowest BCUT2D eigenvalue weighted by Gasteiger charge is -2.23. The largest absolute Gasteiger partial charge is 1.00 e. The van der Waals surface area contributed by atoms with Gasteiger partial charge < -0.3 is 26.4 Å². The molecule has 0 saturated carbocycles. The summed E-state index contributed by atoms with van der Waals surface area (Å²) in [5, 5.41) is 0. The number of hydrogen-bond acceptors (Lipinski definition) is 4. The fourth-order valence-corrected chi connectivity index (χ4v) is 7.24. The summed E-state index contributed by atoms with van der Waals surface area (Å²) < 4.78 is 12.3. The summed E-state index contributed by atoms with van der Waals surface area (Å²) in [6, 6.07) is 0. The Morgan fingerprint density at radius 3 is 1.08 bits per heavy atom. The molecule has 1 rings (SSSR count). The van der Waals surface area contributed by atoms with Crippen molar-refractivity contribution in [3.05, 3.63) is 24.3 Å². The highest BCUT2D eigenvalue weighted by Crippen LogP contribution is 2.28. The second-order valence-electron chi connectivity index (χ2n) is 15.9. The maximum atomic E-state index is 12.5. The minimum absolute atomic E-state index is 0. The van der Waals surface area contributed by atoms with Crippen molar-refractivity contribution in [2.45, 2.75) is 194 Å². The Labute approximate surface area is 317 Å². The highest BCUT2D eigenvalue weighted by atomic mass is 35.5. The van der Waals surface area contributed by atoms with E-state index in [1.165, 1.54) is 141 Å². The number of carbonyl (C=O) groups is 2. The van der Waals surface area contributed by atoms with Crippen molar-refractivity contribution in [3.63, 3.8) is 0 Å². The summed E-state index contributed by atoms with van der Waals surface area (Å²) >= 11 is 0. The highest BCUT2D eigenvalue weighted by molar-refractivity contribution is 5.69. The molecule has 1 fully saturated rings. The van der Waals surface area contributed by atoms with Gasteiger partial charge in [0.2, 0.25) is 0 Å². The maximum Gasteiger partial charge on any atom is 0.305 e. The van der Waals surface area contributed by atoms with Crippen LogP contribution in [0.2, 0.25) is 0 Å². The Morgan fingerprint density at radius 1 is 0.480 bits per heavy atom. The number of nitrogens with zero attached hydrogens (tertiary/aromatic N) is 1. The van der Waals surface area contributed by atoms with Crippen LogP contribution in [0.3, 0.4) is 0 Å². The minimum atomic E-state index is -0.0743. The molecule has 2 atom stereocenters. The monoisotopic (exact) mass is 724 g/mol. The number of unbranched alkanes of at least 4 members (excludes halogenated alkanes) is 22. The van der Waals surface area contributed by atoms with Gasteiger partial charge in [-0.15, -0.1) is 0 Å². The number of ether oxygens (including phenoxy) is 2. The van der Waals surface area contributed by atoms with E-state index >= 15 is 0 Å². The first-order valence-electron chi connectivity index (χ1n) is 21.3. The van der Waals surface area contributed by atoms with Gasteiger partial charge in [-0.3, -0.25) is 9.59 Å². The molecule has 0 aromatic heterocycles. The van der Waals surface area contributed by atoms with Crippen LogP contribution in [-0.4, -0.2) is 56.8 Å². The molecule has 1 saturated heterocycles. The molecule has 0 bridgehead atoms. The zero-order valence-corrected chi connectivity index (χ0v) is 34.3. The van der Waals surface area contributed by atoms with Crippen molar-refractivity contribution in [1.82, 2.24) is 0 Å². The highest BCUT2D eigenvalue weighted by Gasteiger charge is 2.41. The maximum absolute atomic E-state index is 12.5. The van der Waals surface area contributed by atoms with Gasteiger partial charge in [0.25, 0.3) is 0 Å². The number of carbonyl (C=O) groups excluding carboxylic acids is 2. The lowest BCUT2D eigenvalue weighted by molar-refractivity contribution is -0.880. The predicted molar refractivity (Wildman–Crippen MR) is 210 cm³/mol. The van der Waals surface area contributed by atoms with Gasteiger partial charge >= 0.3 is 11.9 Å². The molecule has 0 aromatic rings. The van der Waals surface area contributed by atoms with E-state index in [9.17, 15) is 9.59 Å². The zero-order valence-electron chi connectivity index (χ0n) is 33.5. The normalized spacial score (nSPS) is 17.0. The first-order valence-corrected chi connectivity index (χ1v) is 21.3. The molecule has 1 aliphatic rings. The summed E-state index contributed by atoms with van der Waals surface area (Å²) in [6.07, 6.45) is 43.1. The van der Waals surface area contributed by atoms with Gasteiger partial charge in [0, 0.05) is 12.8 Å². The molecule has 0 N–H and O–H groups in total. The van der Waals surface area contributed by atoms with E-state index in [0.717, 1.165) is 43.3 Å². The third kappa shape index (κ3) is 30.3. The predicted octanol–water partition coefficient (Wildman–Crippen LogP) is 9.47. The number of halogens is 1. The van der Waals surface area contributed by atoms with Crippen molar-refractivity contribution in [3.8, 4) is 0 Å². The third-order valence-corrected chi connectivity index (χ3v) is 10.3. The molecule has 1 aliphatic heterocycles. The van der Waals surface area contributed by atoms with Gasteiger partial charge in [-0.25, -0.2) is 0 Å². The summed E-state index contributed by atoms with van der Waals surface area (Å²) in [4.78, 5) is 24.9. The van der Waals surface area contributed by atoms with E-state index < -0.39 is 0 Å². The molecule has 0 spiro atoms. The molecule has 1 heterocycles. The van der Waals surface area contributed by atoms with E-state index in [4.69, 9.17) is 9.47 Å². The number of esters is 2. The lowest BCUT2D eigenvalue weighted by atomic mass is 9.98. The number of hydrogen-bond donors (Lipinski definition) is 0. The first kappa shape index (κ1) is 48.7.